The van der Waals surface area contributed by atoms with Crippen molar-refractivity contribution in [2.75, 3.05) is 13.6 Å². The van der Waals surface area contributed by atoms with E-state index in [0.717, 1.165) is 31.4 Å². The third-order valence-electron chi connectivity index (χ3n) is 5.14. The molecule has 30 heavy (non-hydrogen) atoms. The summed E-state index contributed by atoms with van der Waals surface area (Å²) in [6, 6.07) is 17.3. The van der Waals surface area contributed by atoms with Gasteiger partial charge in [-0.25, -0.2) is 4.98 Å². The fourth-order valence-corrected chi connectivity index (χ4v) is 3.36. The Kier molecular flexibility index (Phi) is 9.36. The van der Waals surface area contributed by atoms with E-state index in [2.05, 4.69) is 87.6 Å². The predicted molar refractivity (Wildman–Crippen MR) is 136 cm³/mol. The third-order valence-corrected chi connectivity index (χ3v) is 5.14. The van der Waals surface area contributed by atoms with Gasteiger partial charge in [-0.05, 0) is 36.5 Å². The van der Waals surface area contributed by atoms with Crippen LogP contribution < -0.4 is 10.6 Å². The minimum absolute atomic E-state index is 0. The molecule has 5 nitrogen and oxygen atoms in total. The monoisotopic (exact) mass is 517 g/mol. The lowest BCUT2D eigenvalue weighted by Crippen LogP contribution is -2.38. The average molecular weight is 517 g/mol. The van der Waals surface area contributed by atoms with Crippen molar-refractivity contribution >= 4 is 29.9 Å². The van der Waals surface area contributed by atoms with Crippen LogP contribution in [0, 0.1) is 13.8 Å². The topological polar surface area (TPSA) is 54.2 Å². The highest BCUT2D eigenvalue weighted by Gasteiger charge is 2.07. The van der Waals surface area contributed by atoms with Gasteiger partial charge in [0, 0.05) is 39.1 Å². The highest BCUT2D eigenvalue weighted by atomic mass is 127. The zero-order valence-electron chi connectivity index (χ0n) is 18.2. The van der Waals surface area contributed by atoms with E-state index in [1.165, 1.54) is 22.3 Å². The van der Waals surface area contributed by atoms with Gasteiger partial charge in [0.25, 0.3) is 0 Å². The Balaban J connectivity index is 0.00000320. The molecule has 6 heteroatoms. The summed E-state index contributed by atoms with van der Waals surface area (Å²) in [5.74, 6) is 2.26. The second kappa shape index (κ2) is 11.7. The van der Waals surface area contributed by atoms with Gasteiger partial charge in [0.05, 0.1) is 0 Å². The van der Waals surface area contributed by atoms with Crippen molar-refractivity contribution in [2.45, 2.75) is 39.8 Å². The molecular weight excluding hydrogens is 485 g/mol. The molecule has 1 unspecified atom stereocenters. The van der Waals surface area contributed by atoms with Crippen LogP contribution in [0.4, 0.5) is 0 Å². The summed E-state index contributed by atoms with van der Waals surface area (Å²) >= 11 is 0. The Morgan fingerprint density at radius 3 is 2.53 bits per heavy atom. The first kappa shape index (κ1) is 23.9. The zero-order valence-corrected chi connectivity index (χ0v) is 20.6. The molecule has 0 saturated heterocycles. The van der Waals surface area contributed by atoms with Gasteiger partial charge in [-0.15, -0.1) is 24.0 Å². The van der Waals surface area contributed by atoms with Gasteiger partial charge in [-0.1, -0.05) is 61.0 Å². The van der Waals surface area contributed by atoms with Gasteiger partial charge in [0.15, 0.2) is 5.96 Å². The van der Waals surface area contributed by atoms with Gasteiger partial charge in [-0.3, -0.25) is 4.99 Å². The molecule has 0 amide bonds. The Bertz CT molecular complexity index is 963. The van der Waals surface area contributed by atoms with Crippen molar-refractivity contribution in [3.63, 3.8) is 0 Å². The molecule has 160 valence electrons. The van der Waals surface area contributed by atoms with Crippen LogP contribution in [0.2, 0.25) is 0 Å². The molecule has 0 aliphatic rings. The first-order chi connectivity index (χ1) is 14.0. The van der Waals surface area contributed by atoms with Crippen LogP contribution in [0.1, 0.15) is 40.9 Å². The van der Waals surface area contributed by atoms with Crippen LogP contribution >= 0.6 is 24.0 Å². The van der Waals surface area contributed by atoms with E-state index < -0.39 is 0 Å². The van der Waals surface area contributed by atoms with E-state index in [0.29, 0.717) is 5.92 Å². The van der Waals surface area contributed by atoms with Crippen LogP contribution in [0.25, 0.3) is 0 Å². The molecule has 0 aliphatic carbocycles. The number of hydrogen-bond donors (Lipinski definition) is 2. The Labute approximate surface area is 197 Å². The van der Waals surface area contributed by atoms with Crippen LogP contribution in [0.5, 0.6) is 0 Å². The zero-order chi connectivity index (χ0) is 20.6. The second-order valence-corrected chi connectivity index (χ2v) is 7.54. The molecule has 0 aliphatic heterocycles. The van der Waals surface area contributed by atoms with Crippen molar-refractivity contribution < 1.29 is 0 Å². The maximum absolute atomic E-state index is 4.36. The van der Waals surface area contributed by atoms with Gasteiger partial charge in [0.2, 0.25) is 0 Å². The molecule has 0 saturated carbocycles. The summed E-state index contributed by atoms with van der Waals surface area (Å²) in [5.41, 5.74) is 5.13. The lowest BCUT2D eigenvalue weighted by molar-refractivity contribution is 0.698. The molecule has 0 bridgehead atoms. The number of nitrogens with zero attached hydrogens (tertiary/aromatic N) is 3. The molecule has 0 radical (unpaired) electrons. The molecule has 1 heterocycles. The number of aliphatic imine (C=N–C) groups is 1. The van der Waals surface area contributed by atoms with E-state index in [1.807, 2.05) is 26.4 Å². The molecule has 2 N–H and O–H groups in total. The average Bonchev–Trinajstić information content (AvgIpc) is 3.12. The molecule has 0 spiro atoms. The number of hydrogen-bond acceptors (Lipinski definition) is 2. The minimum Gasteiger partial charge on any atom is -0.356 e. The van der Waals surface area contributed by atoms with Crippen molar-refractivity contribution in [3.8, 4) is 0 Å². The summed E-state index contributed by atoms with van der Waals surface area (Å²) in [6.07, 6.45) is 3.86. The fourth-order valence-electron chi connectivity index (χ4n) is 3.36. The molecule has 3 aromatic rings. The Morgan fingerprint density at radius 1 is 1.07 bits per heavy atom. The molecule has 2 aromatic carbocycles. The lowest BCUT2D eigenvalue weighted by Gasteiger charge is -2.17. The van der Waals surface area contributed by atoms with E-state index in [9.17, 15) is 0 Å². The number of guanidine groups is 1. The first-order valence-electron chi connectivity index (χ1n) is 10.1. The highest BCUT2D eigenvalue weighted by molar-refractivity contribution is 14.0. The van der Waals surface area contributed by atoms with Crippen molar-refractivity contribution in [3.05, 3.63) is 89.0 Å². The van der Waals surface area contributed by atoms with Crippen LogP contribution in [0.15, 0.2) is 65.9 Å². The second-order valence-electron chi connectivity index (χ2n) is 7.54. The van der Waals surface area contributed by atoms with E-state index in [-0.39, 0.29) is 24.0 Å². The molecule has 1 atom stereocenters. The quantitative estimate of drug-likeness (QED) is 0.273. The van der Waals surface area contributed by atoms with Gasteiger partial charge >= 0.3 is 0 Å². The number of rotatable bonds is 7. The molecular formula is C24H32IN5. The highest BCUT2D eigenvalue weighted by Crippen LogP contribution is 2.15. The fraction of sp³-hybridized carbons (Fsp3) is 0.333. The number of aromatic nitrogens is 2. The normalized spacial score (nSPS) is 12.2. The number of halogens is 1. The standard InChI is InChI=1S/C24H31N5.HI/c1-18-7-5-10-23(13-18)19(2)15-27-24(25-4)28-16-21-8-6-9-22(14-21)17-29-12-11-26-20(29)3;/h5-14,19H,15-17H2,1-4H3,(H2,25,27,28);1H. The number of imidazole rings is 1. The van der Waals surface area contributed by atoms with Crippen LogP contribution in [0.3, 0.4) is 0 Å². The Morgan fingerprint density at radius 2 is 1.83 bits per heavy atom. The van der Waals surface area contributed by atoms with Crippen LogP contribution in [-0.2, 0) is 13.1 Å². The van der Waals surface area contributed by atoms with E-state index >= 15 is 0 Å². The largest absolute Gasteiger partial charge is 0.356 e. The summed E-state index contributed by atoms with van der Waals surface area (Å²) < 4.78 is 2.15. The van der Waals surface area contributed by atoms with Crippen molar-refractivity contribution in [1.82, 2.24) is 20.2 Å². The van der Waals surface area contributed by atoms with E-state index in [1.54, 1.807) is 0 Å². The number of nitrogens with one attached hydrogen (secondary N) is 2. The summed E-state index contributed by atoms with van der Waals surface area (Å²) in [7, 11) is 1.81. The first-order valence-corrected chi connectivity index (χ1v) is 10.1. The van der Waals surface area contributed by atoms with Crippen LogP contribution in [-0.4, -0.2) is 29.1 Å². The third kappa shape index (κ3) is 6.86. The number of benzene rings is 2. The van der Waals surface area contributed by atoms with Crippen molar-refractivity contribution in [2.24, 2.45) is 4.99 Å². The van der Waals surface area contributed by atoms with E-state index in [4.69, 9.17) is 0 Å². The predicted octanol–water partition coefficient (Wildman–Crippen LogP) is 4.63. The smallest absolute Gasteiger partial charge is 0.191 e. The molecule has 3 rings (SSSR count). The molecule has 0 fully saturated rings. The van der Waals surface area contributed by atoms with Crippen molar-refractivity contribution in [1.29, 1.82) is 0 Å². The van der Waals surface area contributed by atoms with Gasteiger partial charge in [0.1, 0.15) is 5.82 Å². The number of aryl methyl sites for hydroxylation is 2. The maximum Gasteiger partial charge on any atom is 0.191 e. The Hall–Kier alpha value is -2.35. The summed E-state index contributed by atoms with van der Waals surface area (Å²) in [5, 5.41) is 6.86. The SMILES string of the molecule is CN=C(NCc1cccc(Cn2ccnc2C)c1)NCC(C)c1cccc(C)c1.I. The maximum atomic E-state index is 4.36. The van der Waals surface area contributed by atoms with Gasteiger partial charge < -0.3 is 15.2 Å². The summed E-state index contributed by atoms with van der Waals surface area (Å²) in [4.78, 5) is 8.66. The molecule has 1 aromatic heterocycles. The lowest BCUT2D eigenvalue weighted by atomic mass is 9.99. The summed E-state index contributed by atoms with van der Waals surface area (Å²) in [6.45, 7) is 8.79. The minimum atomic E-state index is 0. The van der Waals surface area contributed by atoms with Gasteiger partial charge in [-0.2, -0.15) is 0 Å².